The van der Waals surface area contributed by atoms with E-state index in [0.717, 1.165) is 5.56 Å². The third-order valence-corrected chi connectivity index (χ3v) is 2.89. The Morgan fingerprint density at radius 1 is 1.11 bits per heavy atom. The molecule has 4 nitrogen and oxygen atoms in total. The smallest absolute Gasteiger partial charge is 0.227 e. The summed E-state index contributed by atoms with van der Waals surface area (Å²) in [5.41, 5.74) is 0.787. The van der Waals surface area contributed by atoms with Crippen LogP contribution in [0.2, 0.25) is 5.15 Å². The highest BCUT2D eigenvalue weighted by atomic mass is 35.5. The lowest BCUT2D eigenvalue weighted by atomic mass is 10.2. The summed E-state index contributed by atoms with van der Waals surface area (Å²) in [6.45, 7) is 4.48. The van der Waals surface area contributed by atoms with Crippen LogP contribution in [0, 0.1) is 0 Å². The summed E-state index contributed by atoms with van der Waals surface area (Å²) in [4.78, 5) is 8.09. The maximum absolute atomic E-state index is 6.03. The second kappa shape index (κ2) is 6.38. The van der Waals surface area contributed by atoms with E-state index in [-0.39, 0.29) is 0 Å². The minimum Gasteiger partial charge on any atom is -0.490 e. The van der Waals surface area contributed by atoms with Gasteiger partial charge in [-0.05, 0) is 25.5 Å². The minimum absolute atomic E-state index is 0.418. The second-order valence-electron chi connectivity index (χ2n) is 3.78. The van der Waals surface area contributed by atoms with E-state index in [1.54, 1.807) is 0 Å². The quantitative estimate of drug-likeness (QED) is 0.779. The molecule has 0 aliphatic rings. The number of hydrogen-bond donors (Lipinski definition) is 0. The zero-order valence-corrected chi connectivity index (χ0v) is 11.6. The number of benzene rings is 1. The number of halogens is 1. The van der Waals surface area contributed by atoms with Gasteiger partial charge in [0.25, 0.3) is 0 Å². The first kappa shape index (κ1) is 13.6. The molecule has 0 aliphatic heterocycles. The molecule has 0 aliphatic carbocycles. The fourth-order valence-electron chi connectivity index (χ4n) is 1.67. The number of para-hydroxylation sites is 2. The number of ether oxygens (including phenoxy) is 2. The molecule has 2 rings (SSSR count). The Morgan fingerprint density at radius 2 is 1.84 bits per heavy atom. The van der Waals surface area contributed by atoms with Crippen molar-refractivity contribution in [3.63, 3.8) is 0 Å². The van der Waals surface area contributed by atoms with Crippen molar-refractivity contribution < 1.29 is 9.47 Å². The number of nitrogens with zero attached hydrogens (tertiary/aromatic N) is 2. The molecule has 1 aromatic carbocycles. The third-order valence-electron chi connectivity index (χ3n) is 2.56. The molecule has 0 fully saturated rings. The monoisotopic (exact) mass is 278 g/mol. The van der Waals surface area contributed by atoms with Crippen LogP contribution in [0.5, 0.6) is 17.4 Å². The number of hydrogen-bond acceptors (Lipinski definition) is 4. The summed E-state index contributed by atoms with van der Waals surface area (Å²) >= 11 is 6.03. The fourth-order valence-corrected chi connectivity index (χ4v) is 1.93. The maximum atomic E-state index is 6.03. The van der Waals surface area contributed by atoms with Crippen molar-refractivity contribution in [1.29, 1.82) is 0 Å². The van der Waals surface area contributed by atoms with Gasteiger partial charge < -0.3 is 9.47 Å². The maximum Gasteiger partial charge on any atom is 0.227 e. The third kappa shape index (κ3) is 3.15. The Hall–Kier alpha value is -1.81. The van der Waals surface area contributed by atoms with Crippen LogP contribution >= 0.6 is 11.6 Å². The van der Waals surface area contributed by atoms with Gasteiger partial charge in [-0.2, -0.15) is 0 Å². The zero-order valence-electron chi connectivity index (χ0n) is 10.9. The van der Waals surface area contributed by atoms with Gasteiger partial charge in [0.2, 0.25) is 5.88 Å². The van der Waals surface area contributed by atoms with E-state index in [2.05, 4.69) is 9.97 Å². The highest BCUT2D eigenvalue weighted by Gasteiger charge is 2.12. The van der Waals surface area contributed by atoms with E-state index < -0.39 is 0 Å². The highest BCUT2D eigenvalue weighted by molar-refractivity contribution is 6.30. The molecule has 0 spiro atoms. The molecular weight excluding hydrogens is 264 g/mol. The van der Waals surface area contributed by atoms with Gasteiger partial charge >= 0.3 is 0 Å². The average molecular weight is 279 g/mol. The van der Waals surface area contributed by atoms with Crippen molar-refractivity contribution in [2.75, 3.05) is 6.61 Å². The van der Waals surface area contributed by atoms with Crippen molar-refractivity contribution in [1.82, 2.24) is 9.97 Å². The van der Waals surface area contributed by atoms with E-state index in [0.29, 0.717) is 35.6 Å². The lowest BCUT2D eigenvalue weighted by molar-refractivity contribution is 0.319. The predicted octanol–water partition coefficient (Wildman–Crippen LogP) is 3.88. The molecule has 19 heavy (non-hydrogen) atoms. The molecule has 0 N–H and O–H groups in total. The van der Waals surface area contributed by atoms with Crippen LogP contribution in [-0.4, -0.2) is 16.6 Å². The molecule has 0 saturated carbocycles. The summed E-state index contributed by atoms with van der Waals surface area (Å²) in [6.07, 6.45) is 2.09. The summed E-state index contributed by atoms with van der Waals surface area (Å²) in [5, 5.41) is 0.418. The van der Waals surface area contributed by atoms with Crippen molar-refractivity contribution >= 4 is 11.6 Å². The van der Waals surface area contributed by atoms with Crippen molar-refractivity contribution in [3.05, 3.63) is 41.3 Å². The Kier molecular flexibility index (Phi) is 4.58. The molecule has 0 radical (unpaired) electrons. The Labute approximate surface area is 117 Å². The summed E-state index contributed by atoms with van der Waals surface area (Å²) in [6, 6.07) is 7.46. The summed E-state index contributed by atoms with van der Waals surface area (Å²) in [7, 11) is 0. The molecule has 1 aromatic heterocycles. The van der Waals surface area contributed by atoms with Gasteiger partial charge in [-0.15, -0.1) is 0 Å². The topological polar surface area (TPSA) is 44.2 Å². The number of rotatable bonds is 5. The van der Waals surface area contributed by atoms with Gasteiger partial charge in [-0.25, -0.2) is 9.97 Å². The fraction of sp³-hybridized carbons (Fsp3) is 0.286. The molecule has 0 unspecified atom stereocenters. The van der Waals surface area contributed by atoms with Crippen molar-refractivity contribution in [2.45, 2.75) is 20.3 Å². The lowest BCUT2D eigenvalue weighted by Gasteiger charge is -2.12. The van der Waals surface area contributed by atoms with Crippen molar-refractivity contribution in [2.24, 2.45) is 0 Å². The van der Waals surface area contributed by atoms with Crippen LogP contribution in [-0.2, 0) is 6.42 Å². The van der Waals surface area contributed by atoms with Gasteiger partial charge in [0.05, 0.1) is 12.2 Å². The Bertz CT molecular complexity index is 561. The van der Waals surface area contributed by atoms with Crippen molar-refractivity contribution in [3.8, 4) is 17.4 Å². The zero-order chi connectivity index (χ0) is 13.7. The SMILES string of the molecule is CCOc1ccccc1Oc1ncnc(Cl)c1CC. The van der Waals surface area contributed by atoms with Crippen LogP contribution in [0.1, 0.15) is 19.4 Å². The van der Waals surface area contributed by atoms with Gasteiger partial charge in [-0.3, -0.25) is 0 Å². The summed E-state index contributed by atoms with van der Waals surface area (Å²) in [5.74, 6) is 1.77. The van der Waals surface area contributed by atoms with Crippen LogP contribution in [0.15, 0.2) is 30.6 Å². The van der Waals surface area contributed by atoms with Gasteiger partial charge in [-0.1, -0.05) is 30.7 Å². The lowest BCUT2D eigenvalue weighted by Crippen LogP contribution is -1.99. The molecule has 0 atom stereocenters. The van der Waals surface area contributed by atoms with Gasteiger partial charge in [0.15, 0.2) is 11.5 Å². The Balaban J connectivity index is 2.33. The first-order chi connectivity index (χ1) is 9.26. The molecule has 2 aromatic rings. The van der Waals surface area contributed by atoms with Gasteiger partial charge in [0, 0.05) is 0 Å². The van der Waals surface area contributed by atoms with Gasteiger partial charge in [0.1, 0.15) is 11.5 Å². The van der Waals surface area contributed by atoms with Crippen LogP contribution in [0.3, 0.4) is 0 Å². The van der Waals surface area contributed by atoms with E-state index in [4.69, 9.17) is 21.1 Å². The second-order valence-corrected chi connectivity index (χ2v) is 4.14. The first-order valence-electron chi connectivity index (χ1n) is 6.15. The molecule has 0 saturated heterocycles. The molecule has 100 valence electrons. The van der Waals surface area contributed by atoms with E-state index in [9.17, 15) is 0 Å². The molecule has 0 amide bonds. The molecule has 0 bridgehead atoms. The average Bonchev–Trinajstić information content (AvgIpc) is 2.41. The minimum atomic E-state index is 0.418. The van der Waals surface area contributed by atoms with E-state index >= 15 is 0 Å². The van der Waals surface area contributed by atoms with Crippen LogP contribution in [0.25, 0.3) is 0 Å². The highest BCUT2D eigenvalue weighted by Crippen LogP contribution is 2.33. The van der Waals surface area contributed by atoms with Crippen LogP contribution < -0.4 is 9.47 Å². The summed E-state index contributed by atoms with van der Waals surface area (Å²) < 4.78 is 11.3. The molecular formula is C14H15ClN2O2. The molecule has 1 heterocycles. The number of aromatic nitrogens is 2. The first-order valence-corrected chi connectivity index (χ1v) is 6.53. The largest absolute Gasteiger partial charge is 0.490 e. The normalized spacial score (nSPS) is 10.3. The van der Waals surface area contributed by atoms with E-state index in [1.807, 2.05) is 38.1 Å². The van der Waals surface area contributed by atoms with Crippen LogP contribution in [0.4, 0.5) is 0 Å². The standard InChI is InChI=1S/C14H15ClN2O2/c1-3-10-13(15)16-9-17-14(10)19-12-8-6-5-7-11(12)18-4-2/h5-9H,3-4H2,1-2H3. The van der Waals surface area contributed by atoms with E-state index in [1.165, 1.54) is 6.33 Å². The Morgan fingerprint density at radius 3 is 2.53 bits per heavy atom. The predicted molar refractivity (Wildman–Crippen MR) is 74.1 cm³/mol. The molecule has 5 heteroatoms.